The summed E-state index contributed by atoms with van der Waals surface area (Å²) in [4.78, 5) is 0. The standard InChI is InChI=1S/C15H16ClN.C2H6/c1-12-6-8-15(9-7-12,10-11-17)13-2-4-14(16)5-3-13;1-2/h2-6H,7-10H2,1H3;1-2H3. The minimum atomic E-state index is -0.00114. The summed E-state index contributed by atoms with van der Waals surface area (Å²) < 4.78 is 0. The molecular weight excluding hydrogens is 254 g/mol. The maximum Gasteiger partial charge on any atom is 0.0631 e. The molecule has 1 unspecified atom stereocenters. The lowest BCUT2D eigenvalue weighted by molar-refractivity contribution is 0.388. The molecule has 1 atom stereocenters. The lowest BCUT2D eigenvalue weighted by Crippen LogP contribution is -2.27. The number of allylic oxidation sites excluding steroid dienone is 2. The second kappa shape index (κ2) is 7.36. The largest absolute Gasteiger partial charge is 0.198 e. The molecule has 0 N–H and O–H groups in total. The van der Waals surface area contributed by atoms with Gasteiger partial charge in [-0.15, -0.1) is 0 Å². The summed E-state index contributed by atoms with van der Waals surface area (Å²) >= 11 is 5.92. The highest BCUT2D eigenvalue weighted by Crippen LogP contribution is 2.41. The van der Waals surface area contributed by atoms with Gasteiger partial charge < -0.3 is 0 Å². The molecule has 0 saturated heterocycles. The van der Waals surface area contributed by atoms with Crippen LogP contribution in [-0.2, 0) is 5.41 Å². The fourth-order valence-electron chi connectivity index (χ4n) is 2.49. The molecule has 0 amide bonds. The Morgan fingerprint density at radius 1 is 1.26 bits per heavy atom. The van der Waals surface area contributed by atoms with E-state index < -0.39 is 0 Å². The van der Waals surface area contributed by atoms with E-state index in [-0.39, 0.29) is 5.41 Å². The van der Waals surface area contributed by atoms with Gasteiger partial charge in [0.05, 0.1) is 6.07 Å². The number of halogens is 1. The highest BCUT2D eigenvalue weighted by Gasteiger charge is 2.32. The van der Waals surface area contributed by atoms with E-state index >= 15 is 0 Å². The molecule has 19 heavy (non-hydrogen) atoms. The van der Waals surface area contributed by atoms with Crippen LogP contribution in [0.25, 0.3) is 0 Å². The van der Waals surface area contributed by atoms with Gasteiger partial charge in [0.2, 0.25) is 0 Å². The average Bonchev–Trinajstić information content (AvgIpc) is 2.45. The van der Waals surface area contributed by atoms with Crippen molar-refractivity contribution in [2.75, 3.05) is 0 Å². The van der Waals surface area contributed by atoms with Crippen molar-refractivity contribution in [1.82, 2.24) is 0 Å². The van der Waals surface area contributed by atoms with Crippen LogP contribution < -0.4 is 0 Å². The van der Waals surface area contributed by atoms with E-state index in [4.69, 9.17) is 16.9 Å². The van der Waals surface area contributed by atoms with Crippen molar-refractivity contribution in [3.63, 3.8) is 0 Å². The lowest BCUT2D eigenvalue weighted by Gasteiger charge is -2.34. The fourth-order valence-corrected chi connectivity index (χ4v) is 2.62. The van der Waals surface area contributed by atoms with E-state index in [1.165, 1.54) is 11.1 Å². The second-order valence-corrected chi connectivity index (χ2v) is 5.31. The van der Waals surface area contributed by atoms with Crippen LogP contribution in [0.4, 0.5) is 0 Å². The normalized spacial score (nSPS) is 21.7. The zero-order chi connectivity index (χ0) is 14.3. The molecule has 0 spiro atoms. The molecule has 0 bridgehead atoms. The second-order valence-electron chi connectivity index (χ2n) is 4.88. The van der Waals surface area contributed by atoms with Gasteiger partial charge in [-0.1, -0.05) is 49.2 Å². The monoisotopic (exact) mass is 275 g/mol. The Morgan fingerprint density at radius 3 is 2.37 bits per heavy atom. The predicted molar refractivity (Wildman–Crippen MR) is 82.3 cm³/mol. The molecule has 1 nitrogen and oxygen atoms in total. The van der Waals surface area contributed by atoms with Crippen LogP contribution in [-0.4, -0.2) is 0 Å². The third-order valence-electron chi connectivity index (χ3n) is 3.71. The van der Waals surface area contributed by atoms with E-state index in [1.807, 2.05) is 26.0 Å². The van der Waals surface area contributed by atoms with Gasteiger partial charge in [0, 0.05) is 16.9 Å². The van der Waals surface area contributed by atoms with E-state index in [0.717, 1.165) is 24.3 Å². The van der Waals surface area contributed by atoms with Crippen molar-refractivity contribution < 1.29 is 0 Å². The van der Waals surface area contributed by atoms with Crippen molar-refractivity contribution in [3.8, 4) is 6.07 Å². The Kier molecular flexibility index (Phi) is 6.12. The Bertz CT molecular complexity index is 467. The molecule has 0 saturated carbocycles. The predicted octanol–water partition coefficient (Wildman–Crippen LogP) is 5.65. The molecule has 2 heteroatoms. The van der Waals surface area contributed by atoms with Crippen molar-refractivity contribution in [2.24, 2.45) is 0 Å². The summed E-state index contributed by atoms with van der Waals surface area (Å²) in [6.45, 7) is 6.16. The van der Waals surface area contributed by atoms with E-state index in [2.05, 4.69) is 31.2 Å². The minimum Gasteiger partial charge on any atom is -0.198 e. The zero-order valence-corrected chi connectivity index (χ0v) is 12.8. The Morgan fingerprint density at radius 2 is 1.89 bits per heavy atom. The van der Waals surface area contributed by atoms with Crippen LogP contribution in [0.2, 0.25) is 5.02 Å². The van der Waals surface area contributed by atoms with Crippen molar-refractivity contribution in [3.05, 3.63) is 46.5 Å². The molecule has 1 aliphatic rings. The zero-order valence-electron chi connectivity index (χ0n) is 12.0. The lowest BCUT2D eigenvalue weighted by atomic mass is 9.68. The van der Waals surface area contributed by atoms with Crippen LogP contribution in [0.1, 0.15) is 52.0 Å². The van der Waals surface area contributed by atoms with Crippen LogP contribution in [0.3, 0.4) is 0 Å². The Hall–Kier alpha value is -1.26. The van der Waals surface area contributed by atoms with Crippen molar-refractivity contribution in [1.29, 1.82) is 5.26 Å². The Balaban J connectivity index is 0.000000861. The summed E-state index contributed by atoms with van der Waals surface area (Å²) in [5.74, 6) is 0. The molecule has 2 rings (SSSR count). The maximum atomic E-state index is 9.07. The van der Waals surface area contributed by atoms with Gasteiger partial charge in [-0.3, -0.25) is 0 Å². The summed E-state index contributed by atoms with van der Waals surface area (Å²) in [6, 6.07) is 10.3. The molecule has 1 aromatic carbocycles. The SMILES string of the molecule is CC.CC1=CCC(CC#N)(c2ccc(Cl)cc2)CC1. The number of nitriles is 1. The number of nitrogens with zero attached hydrogens (tertiary/aromatic N) is 1. The van der Waals surface area contributed by atoms with Crippen LogP contribution >= 0.6 is 11.6 Å². The first kappa shape index (κ1) is 15.8. The third kappa shape index (κ3) is 3.85. The summed E-state index contributed by atoms with van der Waals surface area (Å²) in [5.41, 5.74) is 2.68. The third-order valence-corrected chi connectivity index (χ3v) is 3.97. The van der Waals surface area contributed by atoms with Gasteiger partial charge in [-0.25, -0.2) is 0 Å². The van der Waals surface area contributed by atoms with Gasteiger partial charge in [-0.2, -0.15) is 5.26 Å². The van der Waals surface area contributed by atoms with Gasteiger partial charge in [0.15, 0.2) is 0 Å². The van der Waals surface area contributed by atoms with Crippen LogP contribution in [0, 0.1) is 11.3 Å². The average molecular weight is 276 g/mol. The summed E-state index contributed by atoms with van der Waals surface area (Å²) in [5, 5.41) is 9.82. The number of hydrogen-bond donors (Lipinski definition) is 0. The molecule has 0 aliphatic heterocycles. The number of rotatable bonds is 2. The number of benzene rings is 1. The molecule has 0 radical (unpaired) electrons. The molecular formula is C17H22ClN. The smallest absolute Gasteiger partial charge is 0.0631 e. The Labute approximate surface area is 121 Å². The van der Waals surface area contributed by atoms with Gasteiger partial charge in [-0.05, 0) is 43.9 Å². The minimum absolute atomic E-state index is 0.00114. The van der Waals surface area contributed by atoms with Gasteiger partial charge in [0.25, 0.3) is 0 Å². The van der Waals surface area contributed by atoms with Crippen molar-refractivity contribution >= 4 is 11.6 Å². The van der Waals surface area contributed by atoms with E-state index in [1.54, 1.807) is 0 Å². The fraction of sp³-hybridized carbons (Fsp3) is 0.471. The molecule has 1 aromatic rings. The molecule has 0 fully saturated rings. The molecule has 0 aromatic heterocycles. The van der Waals surface area contributed by atoms with E-state index in [0.29, 0.717) is 6.42 Å². The molecule has 0 heterocycles. The summed E-state index contributed by atoms with van der Waals surface area (Å²) in [6.07, 6.45) is 5.97. The van der Waals surface area contributed by atoms with E-state index in [9.17, 15) is 0 Å². The first-order valence-corrected chi connectivity index (χ1v) is 7.33. The maximum absolute atomic E-state index is 9.07. The van der Waals surface area contributed by atoms with Crippen LogP contribution in [0.15, 0.2) is 35.9 Å². The highest BCUT2D eigenvalue weighted by molar-refractivity contribution is 6.30. The number of hydrogen-bond acceptors (Lipinski definition) is 1. The summed E-state index contributed by atoms with van der Waals surface area (Å²) in [7, 11) is 0. The first-order valence-electron chi connectivity index (χ1n) is 6.95. The molecule has 102 valence electrons. The van der Waals surface area contributed by atoms with Crippen LogP contribution in [0.5, 0.6) is 0 Å². The first-order chi connectivity index (χ1) is 9.16. The highest BCUT2D eigenvalue weighted by atomic mass is 35.5. The van der Waals surface area contributed by atoms with Gasteiger partial charge in [0.1, 0.15) is 0 Å². The van der Waals surface area contributed by atoms with Gasteiger partial charge >= 0.3 is 0 Å². The van der Waals surface area contributed by atoms with Crippen molar-refractivity contribution in [2.45, 2.75) is 51.9 Å². The quantitative estimate of drug-likeness (QED) is 0.640. The molecule has 1 aliphatic carbocycles. The topological polar surface area (TPSA) is 23.8 Å².